The Bertz CT molecular complexity index is 809. The van der Waals surface area contributed by atoms with E-state index in [-0.39, 0.29) is 6.08 Å². The van der Waals surface area contributed by atoms with Crippen LogP contribution in [0.5, 0.6) is 0 Å². The summed E-state index contributed by atoms with van der Waals surface area (Å²) < 4.78 is 123. The Hall–Kier alpha value is -2.12. The number of rotatable bonds is 10. The molecule has 0 bridgehead atoms. The molecule has 0 saturated heterocycles. The number of alkyl halides is 7. The van der Waals surface area contributed by atoms with Gasteiger partial charge >= 0.3 is 18.1 Å². The molecule has 0 aromatic rings. The maximum absolute atomic E-state index is 15.4. The Morgan fingerprint density at radius 3 is 1.97 bits per heavy atom. The molecule has 2 atom stereocenters. The quantitative estimate of drug-likeness (QED) is 0.300. The van der Waals surface area contributed by atoms with Crippen LogP contribution in [0.25, 0.3) is 0 Å². The second-order valence-corrected chi connectivity index (χ2v) is 7.93. The van der Waals surface area contributed by atoms with Gasteiger partial charge in [0.1, 0.15) is 12.4 Å². The van der Waals surface area contributed by atoms with Crippen LogP contribution in [0.3, 0.4) is 0 Å². The molecule has 0 spiro atoms. The Morgan fingerprint density at radius 1 is 1.10 bits per heavy atom. The van der Waals surface area contributed by atoms with Gasteiger partial charge in [-0.3, -0.25) is 4.79 Å². The number of carbonyl (C=O) groups excluding carboxylic acids is 2. The molecule has 0 saturated carbocycles. The van der Waals surface area contributed by atoms with Crippen LogP contribution in [-0.2, 0) is 24.3 Å². The van der Waals surface area contributed by atoms with Crippen molar-refractivity contribution in [2.75, 3.05) is 12.4 Å². The van der Waals surface area contributed by atoms with Gasteiger partial charge in [0.25, 0.3) is 11.6 Å². The fourth-order valence-electron chi connectivity index (χ4n) is 2.20. The van der Waals surface area contributed by atoms with Gasteiger partial charge in [-0.15, -0.1) is 0 Å². The minimum Gasteiger partial charge on any atom is -0.462 e. The zero-order chi connectivity index (χ0) is 24.2. The van der Waals surface area contributed by atoms with Crippen molar-refractivity contribution in [3.63, 3.8) is 0 Å². The number of halogens is 7. The average Bonchev–Trinajstić information content (AvgIpc) is 2.58. The third-order valence-electron chi connectivity index (χ3n) is 3.83. The van der Waals surface area contributed by atoms with Crippen LogP contribution in [0.4, 0.5) is 30.7 Å². The molecule has 1 amide bonds. The third-order valence-corrected chi connectivity index (χ3v) is 5.03. The van der Waals surface area contributed by atoms with Gasteiger partial charge in [0, 0.05) is 6.42 Å². The van der Waals surface area contributed by atoms with E-state index < -0.39 is 69.7 Å². The highest BCUT2D eigenvalue weighted by molar-refractivity contribution is 7.90. The molecule has 0 radical (unpaired) electrons. The maximum Gasteiger partial charge on any atom is 0.472 e. The van der Waals surface area contributed by atoms with Crippen LogP contribution in [0.15, 0.2) is 24.3 Å². The van der Waals surface area contributed by atoms with Gasteiger partial charge in [-0.1, -0.05) is 19.6 Å². The van der Waals surface area contributed by atoms with Gasteiger partial charge in [-0.2, -0.15) is 13.2 Å². The van der Waals surface area contributed by atoms with Crippen molar-refractivity contribution in [2.45, 2.75) is 50.6 Å². The van der Waals surface area contributed by atoms with Crippen LogP contribution in [0.2, 0.25) is 0 Å². The smallest absolute Gasteiger partial charge is 0.462 e. The number of carbonyl (C=O) groups is 2. The topological polar surface area (TPSA) is 89.5 Å². The van der Waals surface area contributed by atoms with Crippen LogP contribution >= 0.6 is 0 Å². The van der Waals surface area contributed by atoms with Crippen molar-refractivity contribution in [3.05, 3.63) is 24.3 Å². The molecule has 0 aliphatic rings. The molecule has 0 fully saturated rings. The van der Waals surface area contributed by atoms with Gasteiger partial charge < -0.3 is 4.74 Å². The summed E-state index contributed by atoms with van der Waals surface area (Å²) >= 11 is 0. The molecule has 30 heavy (non-hydrogen) atoms. The molecule has 0 rings (SSSR count). The minimum absolute atomic E-state index is 0.0900. The number of ether oxygens (including phenoxy) is 1. The lowest BCUT2D eigenvalue weighted by Gasteiger charge is -2.40. The normalized spacial score (nSPS) is 17.1. The van der Waals surface area contributed by atoms with Crippen molar-refractivity contribution >= 4 is 21.9 Å². The first-order chi connectivity index (χ1) is 13.3. The van der Waals surface area contributed by atoms with Gasteiger partial charge in [0.05, 0.1) is 0 Å². The number of amides is 1. The molecule has 2 unspecified atom stereocenters. The summed E-state index contributed by atoms with van der Waals surface area (Å²) in [5.74, 6) is -11.0. The molecule has 6 nitrogen and oxygen atoms in total. The summed E-state index contributed by atoms with van der Waals surface area (Å²) in [4.78, 5) is 22.8. The van der Waals surface area contributed by atoms with Gasteiger partial charge in [-0.05, 0) is 25.5 Å². The van der Waals surface area contributed by atoms with Gasteiger partial charge in [0.2, 0.25) is 15.7 Å². The SMILES string of the molecule is C=C(C)C(F)(C(=O)OCCS(=O)(=O)NC(=O)C(F)(F)F)C(F)(/C=C/C)C(F)(F)CC. The summed E-state index contributed by atoms with van der Waals surface area (Å²) in [6, 6.07) is 0. The van der Waals surface area contributed by atoms with Crippen LogP contribution < -0.4 is 4.72 Å². The van der Waals surface area contributed by atoms with E-state index in [0.29, 0.717) is 17.7 Å². The highest BCUT2D eigenvalue weighted by Crippen LogP contribution is 2.49. The minimum atomic E-state index is -5.54. The molecule has 0 aliphatic heterocycles. The highest BCUT2D eigenvalue weighted by Gasteiger charge is 2.70. The van der Waals surface area contributed by atoms with Crippen molar-refractivity contribution in [1.82, 2.24) is 4.72 Å². The second-order valence-electron chi connectivity index (χ2n) is 6.09. The van der Waals surface area contributed by atoms with Crippen LogP contribution in [0.1, 0.15) is 27.2 Å². The molecule has 0 heterocycles. The van der Waals surface area contributed by atoms with Crippen molar-refractivity contribution < 1.29 is 53.5 Å². The lowest BCUT2D eigenvalue weighted by molar-refractivity contribution is -0.195. The van der Waals surface area contributed by atoms with Crippen LogP contribution in [-0.4, -0.2) is 56.1 Å². The monoisotopic (exact) mass is 471 g/mol. The summed E-state index contributed by atoms with van der Waals surface area (Å²) in [5.41, 5.74) is -9.47. The van der Waals surface area contributed by atoms with Crippen LogP contribution in [0, 0.1) is 0 Å². The highest BCUT2D eigenvalue weighted by atomic mass is 32.2. The predicted molar refractivity (Wildman–Crippen MR) is 91.5 cm³/mol. The van der Waals surface area contributed by atoms with E-state index in [4.69, 9.17) is 0 Å². The van der Waals surface area contributed by atoms with Gasteiger partial charge in [-0.25, -0.2) is 35.5 Å². The molecule has 1 N–H and O–H groups in total. The van der Waals surface area contributed by atoms with E-state index in [1.165, 1.54) is 0 Å². The number of sulfonamides is 1. The summed E-state index contributed by atoms with van der Waals surface area (Å²) in [7, 11) is -5.00. The summed E-state index contributed by atoms with van der Waals surface area (Å²) in [6.45, 7) is 4.21. The van der Waals surface area contributed by atoms with E-state index >= 15 is 8.78 Å². The van der Waals surface area contributed by atoms with E-state index in [1.54, 1.807) is 0 Å². The van der Waals surface area contributed by atoms with Crippen molar-refractivity contribution in [3.8, 4) is 0 Å². The van der Waals surface area contributed by atoms with Crippen molar-refractivity contribution in [2.24, 2.45) is 0 Å². The predicted octanol–water partition coefficient (Wildman–Crippen LogP) is 3.15. The Kier molecular flexibility index (Phi) is 8.69. The average molecular weight is 471 g/mol. The first-order valence-corrected chi connectivity index (χ1v) is 9.82. The fraction of sp³-hybridized carbons (Fsp3) is 0.625. The second kappa shape index (κ2) is 9.35. The van der Waals surface area contributed by atoms with E-state index in [9.17, 15) is 40.0 Å². The number of hydrogen-bond acceptors (Lipinski definition) is 5. The summed E-state index contributed by atoms with van der Waals surface area (Å²) in [5, 5.41) is 0. The lowest BCUT2D eigenvalue weighted by atomic mass is 9.75. The molecule has 0 aliphatic carbocycles. The Balaban J connectivity index is 5.69. The summed E-state index contributed by atoms with van der Waals surface area (Å²) in [6.07, 6.45) is -5.97. The number of hydrogen-bond donors (Lipinski definition) is 1. The molecular weight excluding hydrogens is 451 g/mol. The maximum atomic E-state index is 15.4. The molecule has 14 heteroatoms. The fourth-order valence-corrected chi connectivity index (χ4v) is 3.01. The number of nitrogens with one attached hydrogen (secondary N) is 1. The Labute approximate surface area is 168 Å². The van der Waals surface area contributed by atoms with E-state index in [2.05, 4.69) is 11.3 Å². The molecule has 0 aromatic carbocycles. The molecule has 174 valence electrons. The Morgan fingerprint density at radius 2 is 1.60 bits per heavy atom. The lowest BCUT2D eigenvalue weighted by Crippen LogP contribution is -2.62. The van der Waals surface area contributed by atoms with Crippen molar-refractivity contribution in [1.29, 1.82) is 0 Å². The largest absolute Gasteiger partial charge is 0.472 e. The molecular formula is C16H20F7NO5S. The first kappa shape index (κ1) is 27.9. The third kappa shape index (κ3) is 5.73. The van der Waals surface area contributed by atoms with E-state index in [0.717, 1.165) is 13.8 Å². The molecule has 0 aromatic heterocycles. The zero-order valence-electron chi connectivity index (χ0n) is 16.1. The van der Waals surface area contributed by atoms with E-state index in [1.807, 2.05) is 0 Å². The van der Waals surface area contributed by atoms with Gasteiger partial charge in [0.15, 0.2) is 0 Å². The first-order valence-electron chi connectivity index (χ1n) is 8.16. The number of esters is 1. The zero-order valence-corrected chi connectivity index (χ0v) is 16.9. The standard InChI is InChI=1S/C16H20F7NO5S/c1-5-7-13(17,14(18,19)6-2)15(20,10(3)4)12(26)29-8-9-30(27,28)24-11(25)16(21,22)23/h5,7H,3,6,8-9H2,1-2,4H3,(H,24,25)/b7-5+. The number of allylic oxidation sites excluding steroid dienone is 2.